The van der Waals surface area contributed by atoms with Gasteiger partial charge in [0.2, 0.25) is 0 Å². The second-order valence-electron chi connectivity index (χ2n) is 7.04. The molecule has 1 aliphatic rings. The van der Waals surface area contributed by atoms with Crippen molar-refractivity contribution in [2.24, 2.45) is 5.18 Å². The normalized spacial score (nSPS) is 20.8. The maximum atomic E-state index is 10.6. The highest BCUT2D eigenvalue weighted by Crippen LogP contribution is 2.48. The minimum Gasteiger partial charge on any atom is -0.489 e. The first-order valence-corrected chi connectivity index (χ1v) is 6.81. The average molecular weight is 261 g/mol. The molecule has 1 aromatic rings. The summed E-state index contributed by atoms with van der Waals surface area (Å²) < 4.78 is 6.10. The van der Waals surface area contributed by atoms with E-state index in [4.69, 9.17) is 4.74 Å². The third kappa shape index (κ3) is 2.26. The van der Waals surface area contributed by atoms with Gasteiger partial charge in [0.1, 0.15) is 18.4 Å². The lowest BCUT2D eigenvalue weighted by Crippen LogP contribution is -2.28. The monoisotopic (exact) mass is 261 g/mol. The Morgan fingerprint density at radius 2 is 1.95 bits per heavy atom. The molecule has 1 heterocycles. The summed E-state index contributed by atoms with van der Waals surface area (Å²) >= 11 is 0. The van der Waals surface area contributed by atoms with Crippen LogP contribution in [0.5, 0.6) is 5.75 Å². The van der Waals surface area contributed by atoms with E-state index in [2.05, 4.69) is 58.9 Å². The van der Waals surface area contributed by atoms with Crippen LogP contribution in [0, 0.1) is 4.91 Å². The summed E-state index contributed by atoms with van der Waals surface area (Å²) in [7, 11) is 0. The maximum Gasteiger partial charge on any atom is 0.127 e. The number of benzene rings is 1. The first kappa shape index (κ1) is 14.0. The molecule has 104 valence electrons. The predicted molar refractivity (Wildman–Crippen MR) is 77.8 cm³/mol. The first-order valence-electron chi connectivity index (χ1n) is 6.81. The summed E-state index contributed by atoms with van der Waals surface area (Å²) in [5.74, 6) is 1.000. The maximum absolute atomic E-state index is 10.6. The second kappa shape index (κ2) is 4.32. The van der Waals surface area contributed by atoms with Gasteiger partial charge >= 0.3 is 0 Å². The van der Waals surface area contributed by atoms with Crippen molar-refractivity contribution >= 4 is 0 Å². The van der Waals surface area contributed by atoms with Gasteiger partial charge in [0.05, 0.1) is 0 Å². The van der Waals surface area contributed by atoms with Gasteiger partial charge in [-0.1, -0.05) is 39.8 Å². The van der Waals surface area contributed by atoms with E-state index in [9.17, 15) is 4.91 Å². The van der Waals surface area contributed by atoms with Crippen molar-refractivity contribution in [2.75, 3.05) is 0 Å². The van der Waals surface area contributed by atoms with Gasteiger partial charge in [-0.25, -0.2) is 0 Å². The summed E-state index contributed by atoms with van der Waals surface area (Å²) in [6, 6.07) is 4.14. The molecule has 19 heavy (non-hydrogen) atoms. The van der Waals surface area contributed by atoms with Crippen molar-refractivity contribution < 1.29 is 4.74 Å². The zero-order valence-corrected chi connectivity index (χ0v) is 12.7. The summed E-state index contributed by atoms with van der Waals surface area (Å²) in [6.45, 7) is 13.2. The fourth-order valence-corrected chi connectivity index (χ4v) is 2.56. The molecule has 0 radical (unpaired) electrons. The van der Waals surface area contributed by atoms with E-state index in [-0.39, 0.29) is 23.5 Å². The third-order valence-electron chi connectivity index (χ3n) is 4.21. The topological polar surface area (TPSA) is 38.7 Å². The fraction of sp³-hybridized carbons (Fsp3) is 0.625. The van der Waals surface area contributed by atoms with E-state index in [1.165, 1.54) is 11.1 Å². The Kier molecular flexibility index (Phi) is 3.20. The van der Waals surface area contributed by atoms with Crippen molar-refractivity contribution in [3.05, 3.63) is 33.7 Å². The largest absolute Gasteiger partial charge is 0.489 e. The highest BCUT2D eigenvalue weighted by Gasteiger charge is 2.41. The van der Waals surface area contributed by atoms with Crippen molar-refractivity contribution in [3.8, 4) is 5.75 Å². The number of nitroso groups, excluding NO2 is 1. The summed E-state index contributed by atoms with van der Waals surface area (Å²) in [4.78, 5) is 10.6. The van der Waals surface area contributed by atoms with Crippen molar-refractivity contribution in [1.29, 1.82) is 0 Å². The minimum absolute atomic E-state index is 0.0108. The van der Waals surface area contributed by atoms with Crippen LogP contribution in [-0.2, 0) is 17.4 Å². The molecule has 1 aromatic carbocycles. The molecule has 0 aromatic heterocycles. The lowest BCUT2D eigenvalue weighted by Gasteiger charge is -2.24. The van der Waals surface area contributed by atoms with Crippen LogP contribution in [0.25, 0.3) is 0 Å². The average Bonchev–Trinajstić information content (AvgIpc) is 2.50. The van der Waals surface area contributed by atoms with Gasteiger partial charge in [-0.15, -0.1) is 0 Å². The van der Waals surface area contributed by atoms with Crippen LogP contribution in [-0.4, -0.2) is 6.10 Å². The van der Waals surface area contributed by atoms with Gasteiger partial charge in [-0.3, -0.25) is 0 Å². The van der Waals surface area contributed by atoms with Crippen molar-refractivity contribution in [3.63, 3.8) is 0 Å². The molecule has 1 unspecified atom stereocenters. The Balaban J connectivity index is 2.67. The zero-order chi connectivity index (χ0) is 14.4. The number of fused-ring (bicyclic) bond motifs is 1. The van der Waals surface area contributed by atoms with Crippen LogP contribution >= 0.6 is 0 Å². The Bertz CT molecular complexity index is 512. The van der Waals surface area contributed by atoms with Crippen LogP contribution in [0.2, 0.25) is 0 Å². The highest BCUT2D eigenvalue weighted by atomic mass is 16.5. The smallest absolute Gasteiger partial charge is 0.127 e. The lowest BCUT2D eigenvalue weighted by molar-refractivity contribution is 0.183. The van der Waals surface area contributed by atoms with E-state index in [1.54, 1.807) is 0 Å². The van der Waals surface area contributed by atoms with Gasteiger partial charge in [0.25, 0.3) is 0 Å². The molecule has 0 spiro atoms. The van der Waals surface area contributed by atoms with Crippen molar-refractivity contribution in [2.45, 2.75) is 65.0 Å². The molecule has 1 aliphatic heterocycles. The molecule has 0 saturated carbocycles. The van der Waals surface area contributed by atoms with Crippen LogP contribution in [0.1, 0.15) is 58.2 Å². The highest BCUT2D eigenvalue weighted by molar-refractivity contribution is 5.54. The molecule has 3 heteroatoms. The molecule has 0 amide bonds. The second-order valence-corrected chi connectivity index (χ2v) is 7.04. The van der Waals surface area contributed by atoms with E-state index in [0.29, 0.717) is 0 Å². The van der Waals surface area contributed by atoms with Crippen molar-refractivity contribution in [1.82, 2.24) is 0 Å². The molecular formula is C16H23NO2. The first-order chi connectivity index (χ1) is 8.67. The Hall–Kier alpha value is -1.38. The molecule has 1 atom stereocenters. The number of nitrogens with zero attached hydrogens (tertiary/aromatic N) is 1. The number of hydrogen-bond acceptors (Lipinski definition) is 3. The molecule has 0 saturated heterocycles. The number of ether oxygens (including phenoxy) is 1. The quantitative estimate of drug-likeness (QED) is 0.744. The Morgan fingerprint density at radius 3 is 2.47 bits per heavy atom. The van der Waals surface area contributed by atoms with E-state index in [0.717, 1.165) is 11.3 Å². The number of hydrogen-bond donors (Lipinski definition) is 0. The van der Waals surface area contributed by atoms with Crippen LogP contribution < -0.4 is 4.74 Å². The standard InChI is InChI=1S/C16H23NO2/c1-10-16(5,6)13-8-11(9-17-18)7-12(14(13)19-10)15(2,3)4/h7-8,10H,9H2,1-6H3. The molecular weight excluding hydrogens is 238 g/mol. The van der Waals surface area contributed by atoms with Gasteiger partial charge < -0.3 is 4.74 Å². The van der Waals surface area contributed by atoms with Crippen LogP contribution in [0.15, 0.2) is 17.3 Å². The van der Waals surface area contributed by atoms with Crippen LogP contribution in [0.4, 0.5) is 0 Å². The Morgan fingerprint density at radius 1 is 1.32 bits per heavy atom. The van der Waals surface area contributed by atoms with Gasteiger partial charge in [0.15, 0.2) is 0 Å². The molecule has 0 fully saturated rings. The summed E-state index contributed by atoms with van der Waals surface area (Å²) in [6.07, 6.45) is 0.142. The summed E-state index contributed by atoms with van der Waals surface area (Å²) in [5, 5.41) is 3.03. The Labute approximate surface area is 115 Å². The molecule has 0 aliphatic carbocycles. The molecule has 3 nitrogen and oxygen atoms in total. The lowest BCUT2D eigenvalue weighted by atomic mass is 9.77. The molecule has 0 bridgehead atoms. The fourth-order valence-electron chi connectivity index (χ4n) is 2.56. The van der Waals surface area contributed by atoms with Gasteiger partial charge in [-0.05, 0) is 30.0 Å². The molecule has 2 rings (SSSR count). The third-order valence-corrected chi connectivity index (χ3v) is 4.21. The van der Waals surface area contributed by atoms with Gasteiger partial charge in [-0.2, -0.15) is 4.91 Å². The SMILES string of the molecule is CC1Oc2c(C(C)(C)C)cc(CN=O)cc2C1(C)C. The van der Waals surface area contributed by atoms with Crippen LogP contribution in [0.3, 0.4) is 0 Å². The summed E-state index contributed by atoms with van der Waals surface area (Å²) in [5.41, 5.74) is 3.30. The van der Waals surface area contributed by atoms with E-state index < -0.39 is 0 Å². The van der Waals surface area contributed by atoms with E-state index >= 15 is 0 Å². The zero-order valence-electron chi connectivity index (χ0n) is 12.7. The minimum atomic E-state index is -0.0335. The molecule has 0 N–H and O–H groups in total. The predicted octanol–water partition coefficient (Wildman–Crippen LogP) is 4.31. The van der Waals surface area contributed by atoms with Gasteiger partial charge in [0, 0.05) is 16.5 Å². The van der Waals surface area contributed by atoms with E-state index in [1.807, 2.05) is 0 Å². The number of rotatable bonds is 2.